The fourth-order valence-electron chi connectivity index (χ4n) is 4.00. The zero-order chi connectivity index (χ0) is 28.1. The molecule has 0 radical (unpaired) electrons. The molecule has 37 heavy (non-hydrogen) atoms. The molecule has 1 heterocycles. The Bertz CT molecular complexity index is 1080. The Hall–Kier alpha value is -2.62. The van der Waals surface area contributed by atoms with Gasteiger partial charge < -0.3 is 0 Å². The Balaban J connectivity index is 1.96. The summed E-state index contributed by atoms with van der Waals surface area (Å²) in [6, 6.07) is 11.4. The molecule has 0 saturated carbocycles. The number of carbonyl (C=O) groups is 2. The zero-order valence-electron chi connectivity index (χ0n) is 24.9. The fourth-order valence-corrected chi connectivity index (χ4v) is 4.00. The highest BCUT2D eigenvalue weighted by Gasteiger charge is 2.31. The number of rotatable bonds is 11. The molecular formula is C33H48N2O2. The lowest BCUT2D eigenvalue weighted by Gasteiger charge is -2.27. The van der Waals surface area contributed by atoms with Crippen LogP contribution in [0.25, 0.3) is 0 Å². The first-order valence-corrected chi connectivity index (χ1v) is 13.5. The van der Waals surface area contributed by atoms with Crippen LogP contribution in [0, 0.1) is 21.7 Å². The van der Waals surface area contributed by atoms with E-state index in [0.29, 0.717) is 12.1 Å². The number of Topliss-reactive ketones (excluding diaryl/α,β-unsaturated/α-hetero) is 2. The molecule has 0 aliphatic carbocycles. The minimum absolute atomic E-state index is 0.135. The normalized spacial score (nSPS) is 13.2. The van der Waals surface area contributed by atoms with E-state index in [1.807, 2.05) is 64.1 Å². The van der Waals surface area contributed by atoms with Crippen molar-refractivity contribution < 1.29 is 9.59 Å². The van der Waals surface area contributed by atoms with Crippen molar-refractivity contribution in [3.8, 4) is 0 Å². The Morgan fingerprint density at radius 2 is 1.14 bits per heavy atom. The maximum atomic E-state index is 13.0. The first-order valence-electron chi connectivity index (χ1n) is 13.5. The summed E-state index contributed by atoms with van der Waals surface area (Å²) in [6.07, 6.45) is 7.19. The van der Waals surface area contributed by atoms with Crippen molar-refractivity contribution in [3.63, 3.8) is 0 Å². The Morgan fingerprint density at radius 1 is 0.676 bits per heavy atom. The molecule has 4 heteroatoms. The molecule has 0 fully saturated rings. The SMILES string of the molecule is CC(C)(C)CCC(C)(C)C(=O)c1ccc(C=NCc2ccc(C(=O)C(C)(C)CCC(C)(C)C)cn2)cc1. The van der Waals surface area contributed by atoms with Crippen LogP contribution in [0.4, 0.5) is 0 Å². The second-order valence-corrected chi connectivity index (χ2v) is 14.2. The zero-order valence-corrected chi connectivity index (χ0v) is 24.9. The average Bonchev–Trinajstić information content (AvgIpc) is 2.81. The summed E-state index contributed by atoms with van der Waals surface area (Å²) in [5.41, 5.74) is 2.76. The fraction of sp³-hybridized carbons (Fsp3) is 0.576. The minimum Gasteiger partial charge on any atom is -0.294 e. The molecular weight excluding hydrogens is 456 g/mol. The van der Waals surface area contributed by atoms with Gasteiger partial charge in [0, 0.05) is 34.4 Å². The van der Waals surface area contributed by atoms with Gasteiger partial charge in [-0.3, -0.25) is 19.6 Å². The van der Waals surface area contributed by atoms with Gasteiger partial charge in [0.2, 0.25) is 0 Å². The molecule has 2 aromatic rings. The summed E-state index contributed by atoms with van der Waals surface area (Å²) in [5.74, 6) is 0.316. The number of hydrogen-bond donors (Lipinski definition) is 0. The molecule has 0 aliphatic heterocycles. The first kappa shape index (κ1) is 30.6. The van der Waals surface area contributed by atoms with Crippen LogP contribution in [0.2, 0.25) is 0 Å². The van der Waals surface area contributed by atoms with Crippen molar-refractivity contribution in [1.29, 1.82) is 0 Å². The lowest BCUT2D eigenvalue weighted by molar-refractivity contribution is 0.0803. The number of pyridine rings is 1. The molecule has 0 amide bonds. The summed E-state index contributed by atoms with van der Waals surface area (Å²) in [5, 5.41) is 0. The molecule has 0 aliphatic rings. The molecule has 0 atom stereocenters. The van der Waals surface area contributed by atoms with E-state index in [0.717, 1.165) is 42.5 Å². The molecule has 0 saturated heterocycles. The third kappa shape index (κ3) is 9.98. The summed E-state index contributed by atoms with van der Waals surface area (Å²) in [6.45, 7) is 21.8. The van der Waals surface area contributed by atoms with Crippen molar-refractivity contribution in [2.24, 2.45) is 26.7 Å². The van der Waals surface area contributed by atoms with Crippen molar-refractivity contribution in [1.82, 2.24) is 4.98 Å². The lowest BCUT2D eigenvalue weighted by Crippen LogP contribution is -2.26. The van der Waals surface area contributed by atoms with Crippen LogP contribution in [-0.4, -0.2) is 22.8 Å². The van der Waals surface area contributed by atoms with Gasteiger partial charge in [-0.25, -0.2) is 0 Å². The van der Waals surface area contributed by atoms with Crippen LogP contribution >= 0.6 is 0 Å². The van der Waals surface area contributed by atoms with Crippen molar-refractivity contribution in [2.45, 2.75) is 101 Å². The van der Waals surface area contributed by atoms with E-state index in [2.05, 4.69) is 51.5 Å². The average molecular weight is 505 g/mol. The molecule has 0 bridgehead atoms. The summed E-state index contributed by atoms with van der Waals surface area (Å²) in [4.78, 5) is 35.1. The van der Waals surface area contributed by atoms with Crippen LogP contribution in [0.1, 0.15) is 127 Å². The van der Waals surface area contributed by atoms with E-state index >= 15 is 0 Å². The van der Waals surface area contributed by atoms with E-state index in [4.69, 9.17) is 0 Å². The number of carbonyl (C=O) groups excluding carboxylic acids is 2. The maximum Gasteiger partial charge on any atom is 0.169 e. The number of aliphatic imine (C=N–C) groups is 1. The molecule has 202 valence electrons. The van der Waals surface area contributed by atoms with Gasteiger partial charge in [0.25, 0.3) is 0 Å². The van der Waals surface area contributed by atoms with Gasteiger partial charge in [-0.05, 0) is 54.2 Å². The summed E-state index contributed by atoms with van der Waals surface area (Å²) in [7, 11) is 0. The van der Waals surface area contributed by atoms with Crippen LogP contribution < -0.4 is 0 Å². The monoisotopic (exact) mass is 504 g/mol. The molecule has 0 unspecified atom stereocenters. The molecule has 1 aromatic heterocycles. The van der Waals surface area contributed by atoms with Crippen LogP contribution in [0.5, 0.6) is 0 Å². The van der Waals surface area contributed by atoms with Gasteiger partial charge in [0.1, 0.15) is 0 Å². The Labute approximate surface area is 225 Å². The third-order valence-electron chi connectivity index (χ3n) is 6.98. The Kier molecular flexibility index (Phi) is 9.79. The second-order valence-electron chi connectivity index (χ2n) is 14.2. The summed E-state index contributed by atoms with van der Waals surface area (Å²) < 4.78 is 0. The number of nitrogens with zero attached hydrogens (tertiary/aromatic N) is 2. The van der Waals surface area contributed by atoms with E-state index in [-0.39, 0.29) is 27.8 Å². The third-order valence-corrected chi connectivity index (χ3v) is 6.98. The highest BCUT2D eigenvalue weighted by Crippen LogP contribution is 2.34. The quantitative estimate of drug-likeness (QED) is 0.227. The van der Waals surface area contributed by atoms with E-state index in [1.54, 1.807) is 12.4 Å². The van der Waals surface area contributed by atoms with Gasteiger partial charge in [0.15, 0.2) is 11.6 Å². The van der Waals surface area contributed by atoms with E-state index in [1.165, 1.54) is 0 Å². The molecule has 4 nitrogen and oxygen atoms in total. The van der Waals surface area contributed by atoms with Crippen LogP contribution in [0.3, 0.4) is 0 Å². The largest absolute Gasteiger partial charge is 0.294 e. The molecule has 2 rings (SSSR count). The maximum absolute atomic E-state index is 13.0. The molecule has 1 aromatic carbocycles. The smallest absolute Gasteiger partial charge is 0.169 e. The van der Waals surface area contributed by atoms with Gasteiger partial charge in [0.05, 0.1) is 12.2 Å². The lowest BCUT2D eigenvalue weighted by atomic mass is 9.76. The topological polar surface area (TPSA) is 59.4 Å². The van der Waals surface area contributed by atoms with Crippen molar-refractivity contribution in [3.05, 3.63) is 65.0 Å². The number of benzene rings is 1. The second kappa shape index (κ2) is 11.8. The van der Waals surface area contributed by atoms with Gasteiger partial charge in [-0.2, -0.15) is 0 Å². The predicted molar refractivity (Wildman–Crippen MR) is 156 cm³/mol. The number of hydrogen-bond acceptors (Lipinski definition) is 4. The highest BCUT2D eigenvalue weighted by molar-refractivity contribution is 6.00. The predicted octanol–water partition coefficient (Wildman–Crippen LogP) is 8.77. The first-order chi connectivity index (χ1) is 16.9. The van der Waals surface area contributed by atoms with Gasteiger partial charge >= 0.3 is 0 Å². The Morgan fingerprint density at radius 3 is 1.57 bits per heavy atom. The van der Waals surface area contributed by atoms with Crippen LogP contribution in [-0.2, 0) is 6.54 Å². The highest BCUT2D eigenvalue weighted by atomic mass is 16.1. The van der Waals surface area contributed by atoms with Crippen molar-refractivity contribution >= 4 is 17.8 Å². The number of aromatic nitrogens is 1. The van der Waals surface area contributed by atoms with Gasteiger partial charge in [-0.1, -0.05) is 93.5 Å². The van der Waals surface area contributed by atoms with Crippen molar-refractivity contribution in [2.75, 3.05) is 0 Å². The van der Waals surface area contributed by atoms with Crippen LogP contribution in [0.15, 0.2) is 47.6 Å². The molecule has 0 spiro atoms. The van der Waals surface area contributed by atoms with E-state index in [9.17, 15) is 9.59 Å². The van der Waals surface area contributed by atoms with Gasteiger partial charge in [-0.15, -0.1) is 0 Å². The number of ketones is 2. The van der Waals surface area contributed by atoms with E-state index < -0.39 is 5.41 Å². The minimum atomic E-state index is -0.413. The standard InChI is InChI=1S/C33H48N2O2/c1-30(2,3)17-19-32(7,8)28(36)25-13-11-24(12-14-25)21-34-23-27-16-15-26(22-35-27)29(37)33(9,10)20-18-31(4,5)6/h11-16,21-22H,17-20,23H2,1-10H3. The molecule has 0 N–H and O–H groups in total. The summed E-state index contributed by atoms with van der Waals surface area (Å²) >= 11 is 0.